The van der Waals surface area contributed by atoms with Crippen LogP contribution < -0.4 is 0 Å². The molecule has 0 saturated heterocycles. The minimum absolute atomic E-state index is 0.520. The maximum atomic E-state index is 7.99. The van der Waals surface area contributed by atoms with Crippen LogP contribution in [-0.4, -0.2) is 9.97 Å². The van der Waals surface area contributed by atoms with Crippen LogP contribution in [-0.2, 0) is 5.41 Å². The van der Waals surface area contributed by atoms with Crippen LogP contribution in [0.1, 0.15) is 22.3 Å². The summed E-state index contributed by atoms with van der Waals surface area (Å²) >= 11 is 0. The third-order valence-corrected chi connectivity index (χ3v) is 12.5. The first kappa shape index (κ1) is 33.2. The van der Waals surface area contributed by atoms with E-state index >= 15 is 0 Å². The highest BCUT2D eigenvalue weighted by atomic mass is 14.9. The molecule has 0 bridgehead atoms. The van der Waals surface area contributed by atoms with Gasteiger partial charge in [-0.1, -0.05) is 182 Å². The Morgan fingerprint density at radius 3 is 1.56 bits per heavy atom. The topological polar surface area (TPSA) is 30.1 Å². The number of benzene rings is 9. The van der Waals surface area contributed by atoms with Gasteiger partial charge in [0.05, 0.1) is 23.4 Å². The van der Waals surface area contributed by atoms with Crippen molar-refractivity contribution in [2.24, 2.45) is 0 Å². The highest BCUT2D eigenvalue weighted by molar-refractivity contribution is 6.00. The molecule has 0 atom stereocenters. The fourth-order valence-electron chi connectivity index (χ4n) is 9.86. The summed E-state index contributed by atoms with van der Waals surface area (Å²) in [4.78, 5) is 14.3. The predicted octanol–water partition coefficient (Wildman–Crippen LogP) is 14.3. The first-order chi connectivity index (χ1) is 29.2. The highest BCUT2D eigenvalue weighted by Crippen LogP contribution is 2.64. The van der Waals surface area contributed by atoms with Crippen molar-refractivity contribution in [2.45, 2.75) is 5.41 Å². The standard InChI is InChI=1S/C56H33N3/c1-57-43-29-30-47-51(33-43)56(48-18-8-6-15-45(48)46-16-7-9-19-49(46)56)50-20-10-17-44(54(47)50)37-23-25-38(26-24-37)52-34-53(41-27-21-35-11-2-4-13-39(35)31-41)59-55(58-52)42-28-22-36-12-3-5-14-40(36)32-42/h2-34H. The van der Waals surface area contributed by atoms with E-state index in [-0.39, 0.29) is 0 Å². The van der Waals surface area contributed by atoms with Crippen LogP contribution in [0, 0.1) is 6.57 Å². The largest absolute Gasteiger partial charge is 0.238 e. The van der Waals surface area contributed by atoms with Gasteiger partial charge in [-0.2, -0.15) is 0 Å². The number of hydrogen-bond donors (Lipinski definition) is 0. The van der Waals surface area contributed by atoms with Crippen LogP contribution in [0.3, 0.4) is 0 Å². The number of hydrogen-bond acceptors (Lipinski definition) is 2. The molecule has 3 nitrogen and oxygen atoms in total. The summed E-state index contributed by atoms with van der Waals surface area (Å²) in [5.41, 5.74) is 17.1. The van der Waals surface area contributed by atoms with Gasteiger partial charge in [0.25, 0.3) is 0 Å². The molecule has 2 aliphatic rings. The average molecular weight is 748 g/mol. The van der Waals surface area contributed by atoms with Gasteiger partial charge in [-0.25, -0.2) is 14.8 Å². The lowest BCUT2D eigenvalue weighted by atomic mass is 9.70. The Hall–Kier alpha value is -7.93. The van der Waals surface area contributed by atoms with Crippen molar-refractivity contribution in [3.05, 3.63) is 234 Å². The zero-order chi connectivity index (χ0) is 39.1. The zero-order valence-electron chi connectivity index (χ0n) is 31.9. The van der Waals surface area contributed by atoms with E-state index in [2.05, 4.69) is 199 Å². The lowest BCUT2D eigenvalue weighted by Gasteiger charge is -2.30. The molecule has 0 unspecified atom stereocenters. The van der Waals surface area contributed by atoms with Gasteiger partial charge in [-0.15, -0.1) is 0 Å². The second kappa shape index (κ2) is 12.8. The van der Waals surface area contributed by atoms with Crippen molar-refractivity contribution < 1.29 is 0 Å². The molecule has 10 aromatic rings. The molecule has 0 N–H and O–H groups in total. The third kappa shape index (κ3) is 4.94. The second-order valence-electron chi connectivity index (χ2n) is 15.6. The third-order valence-electron chi connectivity index (χ3n) is 12.5. The molecule has 3 heteroatoms. The van der Waals surface area contributed by atoms with Crippen molar-refractivity contribution in [3.63, 3.8) is 0 Å². The quantitative estimate of drug-likeness (QED) is 0.168. The lowest BCUT2D eigenvalue weighted by Crippen LogP contribution is -2.25. The van der Waals surface area contributed by atoms with E-state index in [4.69, 9.17) is 16.5 Å². The normalized spacial score (nSPS) is 12.9. The minimum atomic E-state index is -0.520. The first-order valence-electron chi connectivity index (χ1n) is 20.0. The maximum Gasteiger partial charge on any atom is 0.187 e. The van der Waals surface area contributed by atoms with E-state index in [9.17, 15) is 0 Å². The Labute approximate surface area is 342 Å². The number of nitrogens with zero attached hydrogens (tertiary/aromatic N) is 3. The minimum Gasteiger partial charge on any atom is -0.238 e. The van der Waals surface area contributed by atoms with Crippen molar-refractivity contribution in [1.82, 2.24) is 9.97 Å². The average Bonchev–Trinajstić information content (AvgIpc) is 3.78. The van der Waals surface area contributed by atoms with Gasteiger partial charge in [0.1, 0.15) is 0 Å². The molecular weight excluding hydrogens is 715 g/mol. The van der Waals surface area contributed by atoms with E-state index in [0.717, 1.165) is 39.0 Å². The van der Waals surface area contributed by atoms with E-state index in [1.807, 2.05) is 6.07 Å². The summed E-state index contributed by atoms with van der Waals surface area (Å²) in [6.45, 7) is 7.99. The van der Waals surface area contributed by atoms with E-state index in [1.165, 1.54) is 66.2 Å². The molecule has 0 aliphatic heterocycles. The monoisotopic (exact) mass is 747 g/mol. The Bertz CT molecular complexity index is 3260. The van der Waals surface area contributed by atoms with Crippen LogP contribution in [0.15, 0.2) is 200 Å². The summed E-state index contributed by atoms with van der Waals surface area (Å²) < 4.78 is 0. The fourth-order valence-corrected chi connectivity index (χ4v) is 9.86. The summed E-state index contributed by atoms with van der Waals surface area (Å²) in [6.07, 6.45) is 0. The molecule has 1 heterocycles. The van der Waals surface area contributed by atoms with Gasteiger partial charge in [0, 0.05) is 16.7 Å². The van der Waals surface area contributed by atoms with Crippen molar-refractivity contribution in [3.8, 4) is 67.3 Å². The first-order valence-corrected chi connectivity index (χ1v) is 20.0. The predicted molar refractivity (Wildman–Crippen MR) is 241 cm³/mol. The molecule has 0 saturated carbocycles. The summed E-state index contributed by atoms with van der Waals surface area (Å²) in [5.74, 6) is 0.694. The van der Waals surface area contributed by atoms with Gasteiger partial charge in [0.2, 0.25) is 0 Å². The zero-order valence-corrected chi connectivity index (χ0v) is 31.9. The van der Waals surface area contributed by atoms with E-state index in [1.54, 1.807) is 0 Å². The molecule has 1 spiro atoms. The molecule has 9 aromatic carbocycles. The number of fused-ring (bicyclic) bond motifs is 12. The Morgan fingerprint density at radius 1 is 0.356 bits per heavy atom. The Morgan fingerprint density at radius 2 is 0.881 bits per heavy atom. The Balaban J connectivity index is 1.02. The fraction of sp³-hybridized carbons (Fsp3) is 0.0179. The van der Waals surface area contributed by atoms with Crippen molar-refractivity contribution in [2.75, 3.05) is 0 Å². The smallest absolute Gasteiger partial charge is 0.187 e. The van der Waals surface area contributed by atoms with Crippen LogP contribution in [0.2, 0.25) is 0 Å². The van der Waals surface area contributed by atoms with Gasteiger partial charge in [-0.05, 0) is 95.4 Å². The molecule has 59 heavy (non-hydrogen) atoms. The molecular formula is C56H33N3. The summed E-state index contributed by atoms with van der Waals surface area (Å²) in [7, 11) is 0. The van der Waals surface area contributed by atoms with Crippen LogP contribution in [0.4, 0.5) is 5.69 Å². The molecule has 1 aromatic heterocycles. The lowest BCUT2D eigenvalue weighted by molar-refractivity contribution is 0.794. The van der Waals surface area contributed by atoms with Gasteiger partial charge in [-0.3, -0.25) is 0 Å². The van der Waals surface area contributed by atoms with Gasteiger partial charge in [0.15, 0.2) is 11.5 Å². The van der Waals surface area contributed by atoms with E-state index in [0.29, 0.717) is 11.5 Å². The van der Waals surface area contributed by atoms with Crippen LogP contribution >= 0.6 is 0 Å². The highest BCUT2D eigenvalue weighted by Gasteiger charge is 2.52. The second-order valence-corrected chi connectivity index (χ2v) is 15.6. The van der Waals surface area contributed by atoms with Gasteiger partial charge >= 0.3 is 0 Å². The number of aromatic nitrogens is 2. The molecule has 2 aliphatic carbocycles. The van der Waals surface area contributed by atoms with E-state index < -0.39 is 5.41 Å². The molecule has 0 radical (unpaired) electrons. The molecule has 272 valence electrons. The summed E-state index contributed by atoms with van der Waals surface area (Å²) in [6, 6.07) is 71.4. The summed E-state index contributed by atoms with van der Waals surface area (Å²) in [5, 5.41) is 4.72. The van der Waals surface area contributed by atoms with Crippen LogP contribution in [0.5, 0.6) is 0 Å². The molecule has 0 fully saturated rings. The van der Waals surface area contributed by atoms with Crippen LogP contribution in [0.25, 0.3) is 93.7 Å². The SMILES string of the molecule is [C-]#[N+]c1ccc2c(c1)C1(c3ccccc3-c3ccccc31)c1cccc(-c3ccc(-c4cc(-c5ccc6ccccc6c5)nc(-c5ccc6ccccc6c5)n4)cc3)c1-2. The van der Waals surface area contributed by atoms with Crippen molar-refractivity contribution >= 4 is 27.2 Å². The van der Waals surface area contributed by atoms with Gasteiger partial charge < -0.3 is 0 Å². The Kier molecular flexibility index (Phi) is 7.21. The van der Waals surface area contributed by atoms with Crippen molar-refractivity contribution in [1.29, 1.82) is 0 Å². The molecule has 0 amide bonds. The molecule has 12 rings (SSSR count). The number of rotatable bonds is 4. The maximum absolute atomic E-state index is 7.99.